The van der Waals surface area contributed by atoms with E-state index in [2.05, 4.69) is 255 Å². The van der Waals surface area contributed by atoms with E-state index in [-0.39, 0.29) is 5.41 Å². The molecule has 3 aliphatic carbocycles. The topological polar surface area (TPSA) is 12.5 Å². The average Bonchev–Trinajstić information content (AvgIpc) is 3.92. The summed E-state index contributed by atoms with van der Waals surface area (Å²) in [6, 6.07) is 88.0. The minimum Gasteiger partial charge on any atom is -0.456 e. The molecule has 0 amide bonds. The first-order valence-corrected chi connectivity index (χ1v) is 24.5. The molecule has 4 aliphatic rings. The van der Waals surface area contributed by atoms with Crippen LogP contribution in [0.1, 0.15) is 47.2 Å². The summed E-state index contributed by atoms with van der Waals surface area (Å²) in [6.45, 7) is 4.74. The van der Waals surface area contributed by atoms with Crippen LogP contribution in [0.5, 0.6) is 11.5 Å². The Morgan fingerprint density at radius 2 is 0.743 bits per heavy atom. The lowest BCUT2D eigenvalue weighted by molar-refractivity contribution is 0.488. The lowest BCUT2D eigenvalue weighted by atomic mass is 9.70. The number of hydrogen-bond acceptors (Lipinski definition) is 2. The Bertz CT molecular complexity index is 3960. The second-order valence-corrected chi connectivity index (χ2v) is 19.9. The Morgan fingerprint density at radius 1 is 0.300 bits per heavy atom. The van der Waals surface area contributed by atoms with Crippen molar-refractivity contribution in [1.29, 1.82) is 0 Å². The lowest BCUT2D eigenvalue weighted by Crippen LogP contribution is -2.26. The predicted octanol–water partition coefficient (Wildman–Crippen LogP) is 18.1. The van der Waals surface area contributed by atoms with Gasteiger partial charge in [-0.25, -0.2) is 0 Å². The fourth-order valence-corrected chi connectivity index (χ4v) is 13.0. The average molecular weight is 892 g/mol. The molecule has 1 spiro atoms. The first kappa shape index (κ1) is 39.3. The molecule has 0 aromatic heterocycles. The highest BCUT2D eigenvalue weighted by molar-refractivity contribution is 6.03. The molecule has 0 radical (unpaired) electrons. The van der Waals surface area contributed by atoms with E-state index in [1.807, 2.05) is 0 Å². The summed E-state index contributed by atoms with van der Waals surface area (Å²) in [7, 11) is 0. The van der Waals surface area contributed by atoms with E-state index in [1.54, 1.807) is 0 Å². The molecule has 0 bridgehead atoms. The summed E-state index contributed by atoms with van der Waals surface area (Å²) in [5.74, 6) is 1.67. The van der Waals surface area contributed by atoms with Crippen LogP contribution in [-0.2, 0) is 10.8 Å². The van der Waals surface area contributed by atoms with Gasteiger partial charge < -0.3 is 9.64 Å². The number of hydrogen-bond donors (Lipinski definition) is 0. The van der Waals surface area contributed by atoms with Gasteiger partial charge in [0.15, 0.2) is 0 Å². The first-order chi connectivity index (χ1) is 34.5. The maximum absolute atomic E-state index is 7.34. The quantitative estimate of drug-likeness (QED) is 0.175. The Hall–Kier alpha value is -8.72. The molecule has 0 saturated carbocycles. The molecule has 2 nitrogen and oxygen atoms in total. The predicted molar refractivity (Wildman–Crippen MR) is 289 cm³/mol. The number of ether oxygens (including phenoxy) is 1. The van der Waals surface area contributed by atoms with E-state index in [0.29, 0.717) is 0 Å². The highest BCUT2D eigenvalue weighted by atomic mass is 16.5. The Balaban J connectivity index is 0.983. The monoisotopic (exact) mass is 891 g/mol. The Kier molecular flexibility index (Phi) is 8.08. The summed E-state index contributed by atoms with van der Waals surface area (Å²) in [6.07, 6.45) is 0. The van der Waals surface area contributed by atoms with Crippen LogP contribution in [0.3, 0.4) is 0 Å². The zero-order valence-electron chi connectivity index (χ0n) is 38.9. The van der Waals surface area contributed by atoms with Crippen LogP contribution in [0.25, 0.3) is 77.5 Å². The van der Waals surface area contributed by atoms with Crippen molar-refractivity contribution in [2.45, 2.75) is 24.7 Å². The number of rotatable bonds is 4. The summed E-state index contributed by atoms with van der Waals surface area (Å²) in [4.78, 5) is 2.47. The van der Waals surface area contributed by atoms with E-state index >= 15 is 0 Å². The first-order valence-electron chi connectivity index (χ1n) is 24.5. The molecule has 1 heterocycles. The molecular weight excluding hydrogens is 847 g/mol. The molecule has 0 fully saturated rings. The molecule has 0 N–H and O–H groups in total. The molecule has 0 atom stereocenters. The van der Waals surface area contributed by atoms with Gasteiger partial charge in [0.2, 0.25) is 0 Å². The van der Waals surface area contributed by atoms with Gasteiger partial charge in [-0.05, 0) is 143 Å². The summed E-state index contributed by atoms with van der Waals surface area (Å²) in [5.41, 5.74) is 25.2. The largest absolute Gasteiger partial charge is 0.456 e. The zero-order chi connectivity index (χ0) is 46.3. The molecule has 11 aromatic rings. The van der Waals surface area contributed by atoms with E-state index in [4.69, 9.17) is 4.74 Å². The van der Waals surface area contributed by atoms with Crippen molar-refractivity contribution in [3.05, 3.63) is 270 Å². The van der Waals surface area contributed by atoms with Crippen molar-refractivity contribution < 1.29 is 4.74 Å². The van der Waals surface area contributed by atoms with E-state index < -0.39 is 5.41 Å². The van der Waals surface area contributed by atoms with Crippen LogP contribution in [-0.4, -0.2) is 0 Å². The van der Waals surface area contributed by atoms with Crippen molar-refractivity contribution in [3.8, 4) is 78.3 Å². The lowest BCUT2D eigenvalue weighted by Gasteiger charge is -2.32. The second kappa shape index (κ2) is 14.4. The maximum atomic E-state index is 7.34. The van der Waals surface area contributed by atoms with E-state index in [1.165, 1.54) is 88.8 Å². The number of fused-ring (bicyclic) bond motifs is 19. The second-order valence-electron chi connectivity index (χ2n) is 19.9. The van der Waals surface area contributed by atoms with Gasteiger partial charge in [0.25, 0.3) is 0 Å². The van der Waals surface area contributed by atoms with Crippen molar-refractivity contribution in [2.24, 2.45) is 0 Å². The standard InChI is InChI=1S/C68H45NO/c1-67(2)58-27-12-8-21-49(58)53-34-31-45(39-62(53)67)69(46-32-35-54-52-24-11-15-30-61(52)68(63(54)40-46)59-28-13-9-22-50(59)51-23-10-14-29-60(51)68)47-33-36-55-56-26-16-25-48(42-17-4-3-5-18-42)66(56)57-37-43-19-6-7-20-44(43)38-64(57)70-65(55)41-47/h3-41H,1-2H3. The highest BCUT2D eigenvalue weighted by Gasteiger charge is 2.51. The van der Waals surface area contributed by atoms with E-state index in [0.717, 1.165) is 50.6 Å². The summed E-state index contributed by atoms with van der Waals surface area (Å²) < 4.78 is 7.34. The molecule has 11 aromatic carbocycles. The molecular formula is C68H45NO. The van der Waals surface area contributed by atoms with Crippen molar-refractivity contribution in [1.82, 2.24) is 0 Å². The minimum absolute atomic E-state index is 0.182. The molecule has 0 saturated heterocycles. The van der Waals surface area contributed by atoms with Crippen molar-refractivity contribution in [3.63, 3.8) is 0 Å². The molecule has 70 heavy (non-hydrogen) atoms. The minimum atomic E-state index is -0.480. The number of anilines is 3. The Morgan fingerprint density at radius 3 is 1.39 bits per heavy atom. The number of nitrogens with zero attached hydrogens (tertiary/aromatic N) is 1. The third-order valence-corrected chi connectivity index (χ3v) is 16.1. The van der Waals surface area contributed by atoms with Crippen molar-refractivity contribution in [2.75, 3.05) is 4.90 Å². The third kappa shape index (κ3) is 5.28. The van der Waals surface area contributed by atoms with Gasteiger partial charge in [-0.2, -0.15) is 0 Å². The van der Waals surface area contributed by atoms with Crippen LogP contribution in [0.4, 0.5) is 17.1 Å². The van der Waals surface area contributed by atoms with Gasteiger partial charge in [-0.15, -0.1) is 0 Å². The normalized spacial score (nSPS) is 14.2. The molecule has 2 heteroatoms. The van der Waals surface area contributed by atoms with Gasteiger partial charge in [0.1, 0.15) is 11.5 Å². The van der Waals surface area contributed by atoms with Crippen LogP contribution in [0.2, 0.25) is 0 Å². The molecule has 328 valence electrons. The van der Waals surface area contributed by atoms with Crippen LogP contribution in [0, 0.1) is 0 Å². The molecule has 0 unspecified atom stereocenters. The van der Waals surface area contributed by atoms with Gasteiger partial charge in [-0.1, -0.05) is 196 Å². The maximum Gasteiger partial charge on any atom is 0.137 e. The highest BCUT2D eigenvalue weighted by Crippen LogP contribution is 2.64. The fraction of sp³-hybridized carbons (Fsp3) is 0.0588. The fourth-order valence-electron chi connectivity index (χ4n) is 13.0. The van der Waals surface area contributed by atoms with E-state index in [9.17, 15) is 0 Å². The summed E-state index contributed by atoms with van der Waals surface area (Å²) in [5, 5.41) is 2.33. The van der Waals surface area contributed by atoms with Crippen molar-refractivity contribution >= 4 is 27.8 Å². The molecule has 15 rings (SSSR count). The van der Waals surface area contributed by atoms with Gasteiger partial charge in [0.05, 0.1) is 5.41 Å². The smallest absolute Gasteiger partial charge is 0.137 e. The third-order valence-electron chi connectivity index (χ3n) is 16.1. The summed E-state index contributed by atoms with van der Waals surface area (Å²) >= 11 is 0. The van der Waals surface area contributed by atoms with Gasteiger partial charge in [0, 0.05) is 45.2 Å². The van der Waals surface area contributed by atoms with Gasteiger partial charge in [-0.3, -0.25) is 0 Å². The number of benzene rings is 11. The zero-order valence-corrected chi connectivity index (χ0v) is 38.9. The molecule has 1 aliphatic heterocycles. The van der Waals surface area contributed by atoms with Crippen LogP contribution >= 0.6 is 0 Å². The SMILES string of the molecule is CC1(C)c2ccccc2-c2ccc(N(c3ccc4c(c3)Oc3cc5ccccc5cc3-c3c(-c5ccccc5)cccc3-4)c3ccc4c(c3)C3(c5ccccc5-c5ccccc53)c3ccccc3-4)cc21. The van der Waals surface area contributed by atoms with Crippen LogP contribution in [0.15, 0.2) is 237 Å². The Labute approximate surface area is 408 Å². The van der Waals surface area contributed by atoms with Crippen LogP contribution < -0.4 is 9.64 Å². The van der Waals surface area contributed by atoms with Gasteiger partial charge >= 0.3 is 0 Å².